The Bertz CT molecular complexity index is 2030. The second-order valence-electron chi connectivity index (χ2n) is 10.8. The van der Waals surface area contributed by atoms with Gasteiger partial charge in [-0.3, -0.25) is 4.90 Å². The molecule has 4 aromatic carbocycles. The Morgan fingerprint density at radius 2 is 1.27 bits per heavy atom. The molecule has 210 valence electrons. The molecule has 44 heavy (non-hydrogen) atoms. The number of hydrogen-bond donors (Lipinski definition) is 0. The van der Waals surface area contributed by atoms with Crippen LogP contribution in [0, 0.1) is 0 Å². The van der Waals surface area contributed by atoms with Crippen LogP contribution in [0.1, 0.15) is 22.3 Å². The van der Waals surface area contributed by atoms with Crippen molar-refractivity contribution in [1.29, 1.82) is 0 Å². The normalized spacial score (nSPS) is 12.8. The molecule has 2 aliphatic rings. The lowest BCUT2D eigenvalue weighted by atomic mass is 9.98. The predicted molar refractivity (Wildman–Crippen MR) is 181 cm³/mol. The fraction of sp³-hybridized carbons (Fsp3) is 0.0256. The van der Waals surface area contributed by atoms with Gasteiger partial charge in [-0.2, -0.15) is 0 Å². The number of pyridine rings is 2. The van der Waals surface area contributed by atoms with Gasteiger partial charge in [-0.05, 0) is 59.2 Å². The highest BCUT2D eigenvalue weighted by Crippen LogP contribution is 2.47. The van der Waals surface area contributed by atoms with Crippen molar-refractivity contribution in [3.05, 3.63) is 150 Å². The van der Waals surface area contributed by atoms with Gasteiger partial charge in [-0.15, -0.1) is 0 Å². The summed E-state index contributed by atoms with van der Waals surface area (Å²) in [7, 11) is 2.11. The van der Waals surface area contributed by atoms with E-state index in [-0.39, 0.29) is 0 Å². The molecule has 0 fully saturated rings. The standard InChI is InChI=1S/C39H28N4O/c1-42-37-28(21-22-29-12-8-18-35(38(29)42)44-36-19-4-5-24-40-36)11-7-16-33(37)31-13-6-15-32(26-31)43-34-17-3-2-10-27(34)20-23-30-14-9-25-41-39(30)43/h2-26H,1H3. The molecule has 0 aliphatic carbocycles. The number of ether oxygens (including phenoxy) is 1. The molecule has 0 amide bonds. The summed E-state index contributed by atoms with van der Waals surface area (Å²) in [4.78, 5) is 13.7. The molecule has 0 atom stereocenters. The Kier molecular flexibility index (Phi) is 6.27. The maximum absolute atomic E-state index is 6.33. The molecule has 4 heterocycles. The average Bonchev–Trinajstić information content (AvgIpc) is 3.34. The summed E-state index contributed by atoms with van der Waals surface area (Å²) in [6, 6.07) is 39.6. The lowest BCUT2D eigenvalue weighted by Gasteiger charge is -2.28. The van der Waals surface area contributed by atoms with Crippen LogP contribution < -0.4 is 14.5 Å². The zero-order valence-corrected chi connectivity index (χ0v) is 24.1. The van der Waals surface area contributed by atoms with Gasteiger partial charge in [0.1, 0.15) is 5.82 Å². The monoisotopic (exact) mass is 568 g/mol. The number of aromatic nitrogens is 2. The smallest absolute Gasteiger partial charge is 0.219 e. The van der Waals surface area contributed by atoms with Gasteiger partial charge in [0.15, 0.2) is 5.75 Å². The third kappa shape index (κ3) is 4.43. The molecule has 5 heteroatoms. The minimum atomic E-state index is 0.560. The van der Waals surface area contributed by atoms with Crippen molar-refractivity contribution < 1.29 is 4.74 Å². The third-order valence-electron chi connectivity index (χ3n) is 8.13. The van der Waals surface area contributed by atoms with E-state index < -0.39 is 0 Å². The summed E-state index contributed by atoms with van der Waals surface area (Å²) < 4.78 is 6.33. The lowest BCUT2D eigenvalue weighted by Crippen LogP contribution is -2.14. The van der Waals surface area contributed by atoms with E-state index in [1.165, 1.54) is 0 Å². The van der Waals surface area contributed by atoms with Crippen LogP contribution in [0.5, 0.6) is 11.6 Å². The van der Waals surface area contributed by atoms with E-state index in [9.17, 15) is 0 Å². The Balaban J connectivity index is 1.26. The van der Waals surface area contributed by atoms with E-state index in [0.29, 0.717) is 5.88 Å². The molecule has 0 radical (unpaired) electrons. The number of nitrogens with zero attached hydrogens (tertiary/aromatic N) is 4. The zero-order chi connectivity index (χ0) is 29.5. The molecule has 6 aromatic rings. The van der Waals surface area contributed by atoms with Crippen LogP contribution in [0.3, 0.4) is 0 Å². The molecule has 0 unspecified atom stereocenters. The number of anilines is 5. The fourth-order valence-corrected chi connectivity index (χ4v) is 6.16. The van der Waals surface area contributed by atoms with Crippen molar-refractivity contribution in [1.82, 2.24) is 9.97 Å². The van der Waals surface area contributed by atoms with E-state index in [1.54, 1.807) is 6.20 Å². The van der Waals surface area contributed by atoms with Gasteiger partial charge in [0, 0.05) is 47.9 Å². The molecule has 0 saturated heterocycles. The van der Waals surface area contributed by atoms with Gasteiger partial charge < -0.3 is 9.64 Å². The first-order chi connectivity index (χ1) is 21.7. The molecule has 0 spiro atoms. The molecule has 0 N–H and O–H groups in total. The molecular formula is C39H28N4O. The van der Waals surface area contributed by atoms with E-state index in [0.717, 1.165) is 67.7 Å². The van der Waals surface area contributed by atoms with Crippen molar-refractivity contribution in [3.63, 3.8) is 0 Å². The Morgan fingerprint density at radius 3 is 2.16 bits per heavy atom. The van der Waals surface area contributed by atoms with E-state index in [4.69, 9.17) is 9.72 Å². The summed E-state index contributed by atoms with van der Waals surface area (Å²) in [6.07, 6.45) is 12.3. The maximum atomic E-state index is 6.33. The highest BCUT2D eigenvalue weighted by atomic mass is 16.5. The van der Waals surface area contributed by atoms with Crippen LogP contribution in [0.15, 0.2) is 128 Å². The summed E-state index contributed by atoms with van der Waals surface area (Å²) in [6.45, 7) is 0. The van der Waals surface area contributed by atoms with Crippen molar-refractivity contribution in [3.8, 4) is 22.8 Å². The van der Waals surface area contributed by atoms with Gasteiger partial charge in [-0.25, -0.2) is 9.97 Å². The molecule has 2 aliphatic heterocycles. The van der Waals surface area contributed by atoms with Crippen molar-refractivity contribution in [2.24, 2.45) is 0 Å². The number of rotatable bonds is 4. The quantitative estimate of drug-likeness (QED) is 0.211. The van der Waals surface area contributed by atoms with Crippen LogP contribution in [-0.4, -0.2) is 17.0 Å². The molecule has 5 nitrogen and oxygen atoms in total. The largest absolute Gasteiger partial charge is 0.437 e. The molecule has 0 saturated carbocycles. The first-order valence-electron chi connectivity index (χ1n) is 14.6. The zero-order valence-electron chi connectivity index (χ0n) is 24.1. The van der Waals surface area contributed by atoms with E-state index in [1.807, 2.05) is 42.6 Å². The van der Waals surface area contributed by atoms with Gasteiger partial charge in [-0.1, -0.05) is 91.0 Å². The first kappa shape index (κ1) is 25.7. The molecular weight excluding hydrogens is 540 g/mol. The van der Waals surface area contributed by atoms with Gasteiger partial charge in [0.05, 0.1) is 17.1 Å². The fourth-order valence-electron chi connectivity index (χ4n) is 6.16. The summed E-state index contributed by atoms with van der Waals surface area (Å²) in [5, 5.41) is 0. The predicted octanol–water partition coefficient (Wildman–Crippen LogP) is 10.1. The number of benzene rings is 4. The Hall–Kier alpha value is -5.94. The van der Waals surface area contributed by atoms with Crippen LogP contribution in [0.4, 0.5) is 28.6 Å². The van der Waals surface area contributed by atoms with Gasteiger partial charge >= 0.3 is 0 Å². The number of hydrogen-bond acceptors (Lipinski definition) is 5. The maximum Gasteiger partial charge on any atom is 0.219 e. The van der Waals surface area contributed by atoms with Crippen molar-refractivity contribution >= 4 is 52.9 Å². The van der Waals surface area contributed by atoms with Gasteiger partial charge in [0.2, 0.25) is 5.88 Å². The summed E-state index contributed by atoms with van der Waals surface area (Å²) >= 11 is 0. The third-order valence-corrected chi connectivity index (χ3v) is 8.13. The van der Waals surface area contributed by atoms with Crippen LogP contribution >= 0.6 is 0 Å². The van der Waals surface area contributed by atoms with E-state index >= 15 is 0 Å². The van der Waals surface area contributed by atoms with Crippen LogP contribution in [0.25, 0.3) is 35.4 Å². The first-order valence-corrected chi connectivity index (χ1v) is 14.6. The number of fused-ring (bicyclic) bond motifs is 4. The second kappa shape index (κ2) is 10.7. The highest BCUT2D eigenvalue weighted by molar-refractivity contribution is 5.98. The van der Waals surface area contributed by atoms with Crippen LogP contribution in [0.2, 0.25) is 0 Å². The summed E-state index contributed by atoms with van der Waals surface area (Å²) in [5.41, 5.74) is 10.9. The second-order valence-corrected chi connectivity index (χ2v) is 10.8. The Labute approximate surface area is 256 Å². The van der Waals surface area contributed by atoms with Gasteiger partial charge in [0.25, 0.3) is 0 Å². The van der Waals surface area contributed by atoms with Crippen molar-refractivity contribution in [2.75, 3.05) is 16.8 Å². The van der Waals surface area contributed by atoms with Crippen LogP contribution in [-0.2, 0) is 0 Å². The topological polar surface area (TPSA) is 41.5 Å². The Morgan fingerprint density at radius 1 is 0.568 bits per heavy atom. The van der Waals surface area contributed by atoms with Crippen molar-refractivity contribution in [2.45, 2.75) is 0 Å². The van der Waals surface area contributed by atoms with E-state index in [2.05, 4.69) is 125 Å². The summed E-state index contributed by atoms with van der Waals surface area (Å²) in [5.74, 6) is 2.22. The molecule has 0 bridgehead atoms. The minimum Gasteiger partial charge on any atom is -0.437 e. The minimum absolute atomic E-state index is 0.560. The SMILES string of the molecule is CN1c2c(cccc2Oc2ccccn2)C=Cc2cccc(-c3cccc(N4c5ccccc5C=Cc5cccnc54)c3)c21. The lowest BCUT2D eigenvalue weighted by molar-refractivity contribution is 0.463. The average molecular weight is 569 g/mol. The number of para-hydroxylation sites is 3. The molecule has 8 rings (SSSR count). The molecule has 2 aromatic heterocycles. The highest BCUT2D eigenvalue weighted by Gasteiger charge is 2.24.